The van der Waals surface area contributed by atoms with E-state index in [2.05, 4.69) is 0 Å². The van der Waals surface area contributed by atoms with E-state index in [-0.39, 0.29) is 49.1 Å². The zero-order valence-electron chi connectivity index (χ0n) is 25.4. The number of hydrogen-bond donors (Lipinski definition) is 4. The molecule has 0 aliphatic carbocycles. The van der Waals surface area contributed by atoms with Crippen molar-refractivity contribution in [1.29, 1.82) is 0 Å². The maximum absolute atomic E-state index is 12.8. The van der Waals surface area contributed by atoms with Crippen LogP contribution in [0.4, 0.5) is 5.69 Å². The summed E-state index contributed by atoms with van der Waals surface area (Å²) in [5.41, 5.74) is 6.72. The van der Waals surface area contributed by atoms with Gasteiger partial charge in [0.1, 0.15) is 11.9 Å². The Morgan fingerprint density at radius 3 is 2.02 bits per heavy atom. The molecule has 0 aliphatic heterocycles. The number of esters is 1. The van der Waals surface area contributed by atoms with Crippen molar-refractivity contribution in [2.75, 3.05) is 5.73 Å². The first-order chi connectivity index (χ1) is 20.0. The SMILES string of the molecule is C/C=C/C=C/C=C/C=C/C(C)C(OC(=O)CC(O)CC(=O)CC(O)CC)C(C)CCC(O)CC(=O)c1ccc(N)cc1. The van der Waals surface area contributed by atoms with Crippen molar-refractivity contribution < 1.29 is 34.4 Å². The molecule has 8 heteroatoms. The Morgan fingerprint density at radius 1 is 0.810 bits per heavy atom. The predicted octanol–water partition coefficient (Wildman–Crippen LogP) is 5.28. The third kappa shape index (κ3) is 15.6. The molecular formula is C34H49NO7. The van der Waals surface area contributed by atoms with E-state index >= 15 is 0 Å². The second-order valence-electron chi connectivity index (χ2n) is 10.8. The fraction of sp³-hybridized carbons (Fsp3) is 0.500. The number of rotatable bonds is 20. The minimum Gasteiger partial charge on any atom is -0.461 e. The number of nitrogen functional groups attached to an aromatic ring is 1. The van der Waals surface area contributed by atoms with Gasteiger partial charge < -0.3 is 25.8 Å². The fourth-order valence-corrected chi connectivity index (χ4v) is 4.40. The van der Waals surface area contributed by atoms with Crippen LogP contribution in [0.2, 0.25) is 0 Å². The van der Waals surface area contributed by atoms with Gasteiger partial charge in [-0.1, -0.05) is 69.4 Å². The van der Waals surface area contributed by atoms with E-state index in [0.717, 1.165) is 0 Å². The Labute approximate surface area is 250 Å². The molecule has 42 heavy (non-hydrogen) atoms. The number of benzene rings is 1. The van der Waals surface area contributed by atoms with Gasteiger partial charge in [-0.2, -0.15) is 0 Å². The number of carbonyl (C=O) groups excluding carboxylic acids is 3. The summed E-state index contributed by atoms with van der Waals surface area (Å²) in [6.07, 6.45) is 12.4. The Hall–Kier alpha value is -3.33. The van der Waals surface area contributed by atoms with E-state index in [1.54, 1.807) is 31.2 Å². The van der Waals surface area contributed by atoms with E-state index in [9.17, 15) is 29.7 Å². The highest BCUT2D eigenvalue weighted by molar-refractivity contribution is 5.96. The molecule has 5 N–H and O–H groups in total. The number of aliphatic hydroxyl groups is 3. The summed E-state index contributed by atoms with van der Waals surface area (Å²) in [5.74, 6) is -1.50. The second-order valence-corrected chi connectivity index (χ2v) is 10.8. The predicted molar refractivity (Wildman–Crippen MR) is 167 cm³/mol. The molecule has 0 saturated heterocycles. The van der Waals surface area contributed by atoms with E-state index < -0.39 is 30.4 Å². The fourth-order valence-electron chi connectivity index (χ4n) is 4.40. The van der Waals surface area contributed by atoms with Crippen LogP contribution in [0.3, 0.4) is 0 Å². The van der Waals surface area contributed by atoms with Crippen molar-refractivity contribution in [3.05, 3.63) is 78.4 Å². The molecule has 0 saturated carbocycles. The molecule has 6 unspecified atom stereocenters. The summed E-state index contributed by atoms with van der Waals surface area (Å²) in [7, 11) is 0. The summed E-state index contributed by atoms with van der Waals surface area (Å²) in [5, 5.41) is 30.5. The van der Waals surface area contributed by atoms with Gasteiger partial charge in [0.15, 0.2) is 5.78 Å². The van der Waals surface area contributed by atoms with E-state index in [0.29, 0.717) is 30.5 Å². The first-order valence-corrected chi connectivity index (χ1v) is 14.7. The number of nitrogens with two attached hydrogens (primary N) is 1. The molecule has 0 fully saturated rings. The van der Waals surface area contributed by atoms with Crippen molar-refractivity contribution in [2.45, 2.75) is 97.1 Å². The van der Waals surface area contributed by atoms with Gasteiger partial charge in [0.05, 0.1) is 24.7 Å². The third-order valence-electron chi connectivity index (χ3n) is 6.92. The van der Waals surface area contributed by atoms with Crippen LogP contribution in [0.1, 0.15) is 83.0 Å². The first-order valence-electron chi connectivity index (χ1n) is 14.7. The average molecular weight is 584 g/mol. The van der Waals surface area contributed by atoms with E-state index in [4.69, 9.17) is 10.5 Å². The van der Waals surface area contributed by atoms with Gasteiger partial charge in [-0.3, -0.25) is 14.4 Å². The van der Waals surface area contributed by atoms with Crippen LogP contribution in [-0.4, -0.2) is 57.3 Å². The minimum atomic E-state index is -1.20. The molecule has 0 aliphatic rings. The number of allylic oxidation sites excluding steroid dienone is 7. The molecule has 1 aromatic rings. The number of carbonyl (C=O) groups is 3. The number of aliphatic hydroxyl groups excluding tert-OH is 3. The zero-order chi connectivity index (χ0) is 31.5. The molecule has 232 valence electrons. The van der Waals surface area contributed by atoms with Crippen LogP contribution in [0.25, 0.3) is 0 Å². The molecule has 0 amide bonds. The van der Waals surface area contributed by atoms with Crippen LogP contribution in [0.5, 0.6) is 0 Å². The lowest BCUT2D eigenvalue weighted by Crippen LogP contribution is -2.33. The lowest BCUT2D eigenvalue weighted by Gasteiger charge is -2.29. The summed E-state index contributed by atoms with van der Waals surface area (Å²) >= 11 is 0. The highest BCUT2D eigenvalue weighted by Gasteiger charge is 2.28. The Kier molecular flexibility index (Phi) is 17.9. The van der Waals surface area contributed by atoms with Gasteiger partial charge in [-0.15, -0.1) is 0 Å². The van der Waals surface area contributed by atoms with E-state index in [1.165, 1.54) is 0 Å². The largest absolute Gasteiger partial charge is 0.461 e. The molecule has 0 aromatic heterocycles. The molecular weight excluding hydrogens is 534 g/mol. The van der Waals surface area contributed by atoms with Crippen molar-refractivity contribution in [3.8, 4) is 0 Å². The maximum atomic E-state index is 12.8. The minimum absolute atomic E-state index is 0.0327. The van der Waals surface area contributed by atoms with Gasteiger partial charge in [0.2, 0.25) is 0 Å². The van der Waals surface area contributed by atoms with Crippen LogP contribution >= 0.6 is 0 Å². The van der Waals surface area contributed by atoms with Gasteiger partial charge >= 0.3 is 5.97 Å². The normalized spacial score (nSPS) is 16.5. The number of hydrogen-bond acceptors (Lipinski definition) is 8. The Balaban J connectivity index is 2.84. The number of Topliss-reactive ketones (excluding diaryl/α,β-unsaturated/α-hetero) is 2. The molecule has 0 radical (unpaired) electrons. The quantitative estimate of drug-likeness (QED) is 0.0701. The summed E-state index contributed by atoms with van der Waals surface area (Å²) in [6.45, 7) is 7.53. The topological polar surface area (TPSA) is 147 Å². The highest BCUT2D eigenvalue weighted by Crippen LogP contribution is 2.25. The van der Waals surface area contributed by atoms with Crippen LogP contribution in [-0.2, 0) is 14.3 Å². The molecule has 6 atom stereocenters. The second kappa shape index (κ2) is 20.5. The Morgan fingerprint density at radius 2 is 1.40 bits per heavy atom. The average Bonchev–Trinajstić information content (AvgIpc) is 2.93. The van der Waals surface area contributed by atoms with Crippen molar-refractivity contribution in [1.82, 2.24) is 0 Å². The highest BCUT2D eigenvalue weighted by atomic mass is 16.5. The smallest absolute Gasteiger partial charge is 0.308 e. The van der Waals surface area contributed by atoms with Crippen LogP contribution < -0.4 is 5.73 Å². The number of ether oxygens (including phenoxy) is 1. The van der Waals surface area contributed by atoms with Gasteiger partial charge in [0, 0.05) is 36.4 Å². The van der Waals surface area contributed by atoms with Crippen LogP contribution in [0, 0.1) is 11.8 Å². The first kappa shape index (κ1) is 36.7. The zero-order valence-corrected chi connectivity index (χ0v) is 25.4. The third-order valence-corrected chi connectivity index (χ3v) is 6.92. The van der Waals surface area contributed by atoms with E-state index in [1.807, 2.05) is 69.4 Å². The lowest BCUT2D eigenvalue weighted by atomic mass is 9.88. The van der Waals surface area contributed by atoms with Gasteiger partial charge in [0.25, 0.3) is 0 Å². The Bertz CT molecular complexity index is 1070. The van der Waals surface area contributed by atoms with Crippen LogP contribution in [0.15, 0.2) is 72.9 Å². The van der Waals surface area contributed by atoms with Gasteiger partial charge in [-0.05, 0) is 56.4 Å². The summed E-state index contributed by atoms with van der Waals surface area (Å²) < 4.78 is 5.81. The van der Waals surface area contributed by atoms with Gasteiger partial charge in [-0.25, -0.2) is 0 Å². The summed E-state index contributed by atoms with van der Waals surface area (Å²) in [4.78, 5) is 37.4. The number of ketones is 2. The molecule has 0 bridgehead atoms. The molecule has 1 aromatic carbocycles. The standard InChI is InChI=1S/C34H49NO7/c1-5-7-8-9-10-11-12-13-24(3)34(42-33(41)23-31(39)21-30(38)20-28(36)6-2)25(4)14-19-29(37)22-32(40)26-15-17-27(35)18-16-26/h5,7-13,15-18,24-25,28-29,31,34,36-37,39H,6,14,19-23,35H2,1-4H3/b7-5+,9-8+,11-10+,13-12+. The molecule has 0 heterocycles. The van der Waals surface area contributed by atoms with Crippen molar-refractivity contribution in [2.24, 2.45) is 11.8 Å². The summed E-state index contributed by atoms with van der Waals surface area (Å²) in [6, 6.07) is 6.56. The monoisotopic (exact) mass is 583 g/mol. The van der Waals surface area contributed by atoms with Crippen molar-refractivity contribution in [3.63, 3.8) is 0 Å². The molecule has 0 spiro atoms. The lowest BCUT2D eigenvalue weighted by molar-refractivity contribution is -0.156. The maximum Gasteiger partial charge on any atom is 0.308 e. The molecule has 1 rings (SSSR count). The molecule has 8 nitrogen and oxygen atoms in total. The van der Waals surface area contributed by atoms with Crippen molar-refractivity contribution >= 4 is 23.2 Å². The number of anilines is 1.